The summed E-state index contributed by atoms with van der Waals surface area (Å²) >= 11 is 0. The van der Waals surface area contributed by atoms with E-state index >= 15 is 0 Å². The van der Waals surface area contributed by atoms with Crippen LogP contribution in [0.15, 0.2) is 54.6 Å². The zero-order valence-corrected chi connectivity index (χ0v) is 14.1. The molecule has 4 atom stereocenters. The molecule has 0 aromatic heterocycles. The summed E-state index contributed by atoms with van der Waals surface area (Å²) < 4.78 is 5.26. The average Bonchev–Trinajstić information content (AvgIpc) is 2.63. The first-order valence-corrected chi connectivity index (χ1v) is 8.73. The fraction of sp³-hybridized carbons (Fsp3) is 0.227. The van der Waals surface area contributed by atoms with Gasteiger partial charge in [0.05, 0.1) is 0 Å². The number of esters is 1. The van der Waals surface area contributed by atoms with Gasteiger partial charge in [-0.1, -0.05) is 30.3 Å². The predicted octanol–water partition coefficient (Wildman–Crippen LogP) is 3.14. The van der Waals surface area contributed by atoms with Crippen molar-refractivity contribution in [3.05, 3.63) is 76.9 Å². The van der Waals surface area contributed by atoms with Crippen molar-refractivity contribution in [2.45, 2.75) is 18.8 Å². The molecular weight excluding hydrogens is 328 g/mol. The van der Waals surface area contributed by atoms with Gasteiger partial charge >= 0.3 is 5.97 Å². The van der Waals surface area contributed by atoms with Crippen molar-refractivity contribution in [1.29, 1.82) is 0 Å². The lowest BCUT2D eigenvalue weighted by molar-refractivity contribution is -0.132. The summed E-state index contributed by atoms with van der Waals surface area (Å²) in [5, 5.41) is 0. The van der Waals surface area contributed by atoms with Crippen molar-refractivity contribution in [2.24, 2.45) is 11.8 Å². The molecule has 0 N–H and O–H groups in total. The molecule has 2 aromatic carbocycles. The monoisotopic (exact) mass is 344 g/mol. The van der Waals surface area contributed by atoms with Gasteiger partial charge in [-0.25, -0.2) is 0 Å². The SMILES string of the molecule is CC(=O)Oc1ccc2c(c1)[C@H]1c3ccccc3[C@H]2[C@H]2C(=O)C=CC(=O)[C@@H]12. The lowest BCUT2D eigenvalue weighted by Crippen LogP contribution is -2.47. The Morgan fingerprint density at radius 2 is 1.35 bits per heavy atom. The molecule has 4 heteroatoms. The van der Waals surface area contributed by atoms with Crippen LogP contribution < -0.4 is 4.74 Å². The van der Waals surface area contributed by atoms with Crippen LogP contribution >= 0.6 is 0 Å². The van der Waals surface area contributed by atoms with Crippen LogP contribution in [0.25, 0.3) is 0 Å². The van der Waals surface area contributed by atoms with Crippen LogP contribution in [-0.4, -0.2) is 17.5 Å². The van der Waals surface area contributed by atoms with Crippen molar-refractivity contribution in [3.8, 4) is 5.75 Å². The zero-order valence-electron chi connectivity index (χ0n) is 14.1. The first-order chi connectivity index (χ1) is 12.6. The highest BCUT2D eigenvalue weighted by Gasteiger charge is 2.55. The standard InChI is InChI=1S/C22H16O4/c1-11(23)26-12-6-7-15-16(10-12)20-14-5-3-2-4-13(14)19(15)21-17(24)8-9-18(25)22(20)21/h2-10,19-22H,1H3/t19-,20-,21-,22+/m1/s1. The van der Waals surface area contributed by atoms with E-state index in [0.717, 1.165) is 22.3 Å². The quantitative estimate of drug-likeness (QED) is 0.589. The van der Waals surface area contributed by atoms with Crippen molar-refractivity contribution in [2.75, 3.05) is 0 Å². The molecule has 0 amide bonds. The van der Waals surface area contributed by atoms with Crippen molar-refractivity contribution in [3.63, 3.8) is 0 Å². The maximum Gasteiger partial charge on any atom is 0.308 e. The highest BCUT2D eigenvalue weighted by molar-refractivity contribution is 6.09. The second kappa shape index (κ2) is 5.24. The summed E-state index contributed by atoms with van der Waals surface area (Å²) in [5.41, 5.74) is 4.28. The molecule has 0 saturated carbocycles. The molecule has 26 heavy (non-hydrogen) atoms. The van der Waals surface area contributed by atoms with Gasteiger partial charge in [-0.05, 0) is 46.5 Å². The minimum absolute atomic E-state index is 0.00245. The topological polar surface area (TPSA) is 60.4 Å². The van der Waals surface area contributed by atoms with Gasteiger partial charge in [0.15, 0.2) is 11.6 Å². The third-order valence-electron chi connectivity index (χ3n) is 5.83. The summed E-state index contributed by atoms with van der Waals surface area (Å²) in [6.45, 7) is 1.37. The number of hydrogen-bond donors (Lipinski definition) is 0. The molecule has 4 nitrogen and oxygen atoms in total. The van der Waals surface area contributed by atoms with E-state index in [1.807, 2.05) is 30.3 Å². The van der Waals surface area contributed by atoms with E-state index in [-0.39, 0.29) is 41.2 Å². The van der Waals surface area contributed by atoms with Gasteiger partial charge in [0.25, 0.3) is 0 Å². The molecule has 0 aliphatic heterocycles. The maximum atomic E-state index is 12.7. The number of carbonyl (C=O) groups is 3. The molecule has 0 fully saturated rings. The minimum Gasteiger partial charge on any atom is -0.427 e. The summed E-state index contributed by atoms with van der Waals surface area (Å²) in [4.78, 5) is 36.7. The first kappa shape index (κ1) is 15.3. The van der Waals surface area contributed by atoms with Crippen LogP contribution in [0.5, 0.6) is 5.75 Å². The van der Waals surface area contributed by atoms with E-state index in [4.69, 9.17) is 4.74 Å². The number of rotatable bonds is 1. The van der Waals surface area contributed by atoms with E-state index in [1.165, 1.54) is 19.1 Å². The number of benzene rings is 2. The van der Waals surface area contributed by atoms with Crippen LogP contribution in [0.4, 0.5) is 0 Å². The highest BCUT2D eigenvalue weighted by atomic mass is 16.5. The Labute approximate surface area is 150 Å². The molecule has 2 aromatic rings. The molecule has 128 valence electrons. The van der Waals surface area contributed by atoms with Gasteiger partial charge in [0.2, 0.25) is 0 Å². The Morgan fingerprint density at radius 3 is 1.92 bits per heavy atom. The van der Waals surface area contributed by atoms with Gasteiger partial charge in [0.1, 0.15) is 5.75 Å². The number of carbonyl (C=O) groups excluding carboxylic acids is 3. The third-order valence-corrected chi connectivity index (χ3v) is 5.83. The number of ether oxygens (including phenoxy) is 1. The first-order valence-electron chi connectivity index (χ1n) is 8.73. The molecule has 4 aliphatic rings. The molecule has 0 unspecified atom stereocenters. The Morgan fingerprint density at radius 1 is 0.808 bits per heavy atom. The second-order valence-electron chi connectivity index (χ2n) is 7.16. The number of hydrogen-bond acceptors (Lipinski definition) is 4. The lowest BCUT2D eigenvalue weighted by atomic mass is 9.51. The van der Waals surface area contributed by atoms with E-state index in [2.05, 4.69) is 6.07 Å². The highest BCUT2D eigenvalue weighted by Crippen LogP contribution is 2.60. The molecule has 0 spiro atoms. The van der Waals surface area contributed by atoms with Crippen LogP contribution in [-0.2, 0) is 14.4 Å². The van der Waals surface area contributed by atoms with E-state index in [9.17, 15) is 14.4 Å². The van der Waals surface area contributed by atoms with Crippen LogP contribution in [0.2, 0.25) is 0 Å². The Bertz CT molecular complexity index is 1020. The summed E-state index contributed by atoms with van der Waals surface area (Å²) in [6, 6.07) is 13.6. The second-order valence-corrected chi connectivity index (χ2v) is 7.16. The fourth-order valence-corrected chi connectivity index (χ4v) is 5.00. The van der Waals surface area contributed by atoms with E-state index in [0.29, 0.717) is 5.75 Å². The zero-order chi connectivity index (χ0) is 18.0. The van der Waals surface area contributed by atoms with E-state index < -0.39 is 0 Å². The van der Waals surface area contributed by atoms with Gasteiger partial charge in [-0.15, -0.1) is 0 Å². The summed E-state index contributed by atoms with van der Waals surface area (Å²) in [5.74, 6) is -0.931. The van der Waals surface area contributed by atoms with Crippen molar-refractivity contribution >= 4 is 17.5 Å². The molecule has 0 saturated heterocycles. The average molecular weight is 344 g/mol. The number of ketones is 2. The van der Waals surface area contributed by atoms with Crippen LogP contribution in [0.3, 0.4) is 0 Å². The van der Waals surface area contributed by atoms with Gasteiger partial charge in [-0.3, -0.25) is 14.4 Å². The summed E-state index contributed by atoms with van der Waals surface area (Å²) in [6.07, 6.45) is 2.85. The smallest absolute Gasteiger partial charge is 0.308 e. The number of allylic oxidation sites excluding steroid dienone is 2. The molecule has 0 radical (unpaired) electrons. The van der Waals surface area contributed by atoms with E-state index in [1.54, 1.807) is 6.07 Å². The molecule has 4 aliphatic carbocycles. The summed E-state index contributed by atoms with van der Waals surface area (Å²) in [7, 11) is 0. The molecule has 2 bridgehead atoms. The van der Waals surface area contributed by atoms with Crippen LogP contribution in [0.1, 0.15) is 41.0 Å². The minimum atomic E-state index is -0.382. The van der Waals surface area contributed by atoms with Crippen molar-refractivity contribution < 1.29 is 19.1 Å². The van der Waals surface area contributed by atoms with Gasteiger partial charge < -0.3 is 4.74 Å². The Kier molecular flexibility index (Phi) is 3.08. The Hall–Kier alpha value is -3.01. The van der Waals surface area contributed by atoms with Gasteiger partial charge in [-0.2, -0.15) is 0 Å². The largest absolute Gasteiger partial charge is 0.427 e. The molecule has 0 heterocycles. The van der Waals surface area contributed by atoms with Gasteiger partial charge in [0, 0.05) is 30.6 Å². The van der Waals surface area contributed by atoms with Crippen LogP contribution in [0, 0.1) is 11.8 Å². The fourth-order valence-electron chi connectivity index (χ4n) is 5.00. The maximum absolute atomic E-state index is 12.7. The molecular formula is C22H16O4. The predicted molar refractivity (Wildman–Crippen MR) is 94.0 cm³/mol. The lowest BCUT2D eigenvalue weighted by Gasteiger charge is -2.50. The van der Waals surface area contributed by atoms with Crippen molar-refractivity contribution in [1.82, 2.24) is 0 Å². The molecule has 6 rings (SSSR count). The normalized spacial score (nSPS) is 27.6. The Balaban J connectivity index is 1.77. The third kappa shape index (κ3) is 1.93.